The average molecular weight is 358 g/mol. The third kappa shape index (κ3) is 3.49. The molecule has 2 amide bonds. The first-order valence-corrected chi connectivity index (χ1v) is 9.92. The summed E-state index contributed by atoms with van der Waals surface area (Å²) < 4.78 is 0. The molecule has 0 bridgehead atoms. The molecule has 0 radical (unpaired) electrons. The first-order chi connectivity index (χ1) is 12.5. The highest BCUT2D eigenvalue weighted by molar-refractivity contribution is 5.75. The zero-order chi connectivity index (χ0) is 18.3. The maximum Gasteiger partial charge on any atom is 0.317 e. The maximum absolute atomic E-state index is 12.5. The lowest BCUT2D eigenvalue weighted by Crippen LogP contribution is -2.59. The third-order valence-electron chi connectivity index (χ3n) is 6.17. The van der Waals surface area contributed by atoms with E-state index in [1.165, 1.54) is 5.56 Å². The molecule has 7 heteroatoms. The second kappa shape index (κ2) is 7.02. The molecular weight excluding hydrogens is 328 g/mol. The van der Waals surface area contributed by atoms with Crippen LogP contribution in [0.4, 0.5) is 10.7 Å². The van der Waals surface area contributed by atoms with E-state index in [2.05, 4.69) is 27.1 Å². The van der Waals surface area contributed by atoms with Gasteiger partial charge in [0.2, 0.25) is 5.95 Å². The molecule has 4 rings (SSSR count). The van der Waals surface area contributed by atoms with Crippen LogP contribution < -0.4 is 11.1 Å². The van der Waals surface area contributed by atoms with Crippen LogP contribution in [0.1, 0.15) is 43.9 Å². The molecule has 142 valence electrons. The Balaban J connectivity index is 1.48. The van der Waals surface area contributed by atoms with E-state index in [0.29, 0.717) is 23.9 Å². The number of likely N-dealkylation sites (tertiary alicyclic amines) is 1. The Hall–Kier alpha value is -1.89. The molecule has 1 aromatic rings. The van der Waals surface area contributed by atoms with E-state index in [1.807, 2.05) is 18.1 Å². The van der Waals surface area contributed by atoms with Gasteiger partial charge >= 0.3 is 6.03 Å². The fourth-order valence-electron chi connectivity index (χ4n) is 4.66. The van der Waals surface area contributed by atoms with Gasteiger partial charge in [-0.3, -0.25) is 4.90 Å². The lowest BCUT2D eigenvalue weighted by Gasteiger charge is -2.47. The number of urea groups is 1. The standard InChI is InChI=1S/C19H30N6O/c1-3-6-25-11-14(22-19(26)24(2)15-4-5-15)7-12-8-16-13(9-17(12)25)10-21-18(20)23-16/h10,12,14-15,17H,3-9,11H2,1-2H3,(H,22,26)(H2,20,21,23)/t12-,14+,17-/m1/s1. The summed E-state index contributed by atoms with van der Waals surface area (Å²) in [6.45, 7) is 4.22. The summed E-state index contributed by atoms with van der Waals surface area (Å²) in [4.78, 5) is 25.6. The zero-order valence-corrected chi connectivity index (χ0v) is 15.8. The molecule has 0 spiro atoms. The minimum absolute atomic E-state index is 0.0789. The van der Waals surface area contributed by atoms with Crippen molar-refractivity contribution in [2.45, 2.75) is 63.6 Å². The van der Waals surface area contributed by atoms with Gasteiger partial charge in [0, 0.05) is 43.6 Å². The Morgan fingerprint density at radius 1 is 1.42 bits per heavy atom. The molecule has 1 saturated carbocycles. The fraction of sp³-hybridized carbons (Fsp3) is 0.737. The summed E-state index contributed by atoms with van der Waals surface area (Å²) in [5.41, 5.74) is 8.12. The van der Waals surface area contributed by atoms with Gasteiger partial charge in [-0.15, -0.1) is 0 Å². The van der Waals surface area contributed by atoms with Crippen LogP contribution in [-0.2, 0) is 12.8 Å². The van der Waals surface area contributed by atoms with Crippen molar-refractivity contribution in [1.82, 2.24) is 25.1 Å². The highest BCUT2D eigenvalue weighted by Gasteiger charge is 2.40. The number of piperidine rings is 1. The quantitative estimate of drug-likeness (QED) is 0.850. The monoisotopic (exact) mass is 358 g/mol. The highest BCUT2D eigenvalue weighted by atomic mass is 16.2. The van der Waals surface area contributed by atoms with Crippen LogP contribution in [-0.4, -0.2) is 64.1 Å². The first-order valence-electron chi connectivity index (χ1n) is 9.92. The Morgan fingerprint density at radius 2 is 2.23 bits per heavy atom. The third-order valence-corrected chi connectivity index (χ3v) is 6.17. The number of aromatic nitrogens is 2. The number of hydrogen-bond acceptors (Lipinski definition) is 5. The zero-order valence-electron chi connectivity index (χ0n) is 15.8. The van der Waals surface area contributed by atoms with Crippen molar-refractivity contribution in [3.05, 3.63) is 17.5 Å². The molecule has 3 aliphatic rings. The molecule has 3 atom stereocenters. The fourth-order valence-corrected chi connectivity index (χ4v) is 4.66. The van der Waals surface area contributed by atoms with E-state index in [1.54, 1.807) is 0 Å². The number of carbonyl (C=O) groups excluding carboxylic acids is 1. The Bertz CT molecular complexity index is 676. The van der Waals surface area contributed by atoms with Crippen LogP contribution in [0.5, 0.6) is 0 Å². The topological polar surface area (TPSA) is 87.4 Å². The highest BCUT2D eigenvalue weighted by Crippen LogP contribution is 2.35. The lowest BCUT2D eigenvalue weighted by molar-refractivity contribution is 0.0628. The van der Waals surface area contributed by atoms with Crippen molar-refractivity contribution in [3.8, 4) is 0 Å². The summed E-state index contributed by atoms with van der Waals surface area (Å²) in [5.74, 6) is 0.868. The van der Waals surface area contributed by atoms with Gasteiger partial charge < -0.3 is 16.0 Å². The van der Waals surface area contributed by atoms with E-state index in [4.69, 9.17) is 5.73 Å². The lowest BCUT2D eigenvalue weighted by atomic mass is 9.76. The molecule has 1 saturated heterocycles. The molecule has 0 aromatic carbocycles. The second-order valence-corrected chi connectivity index (χ2v) is 8.15. The van der Waals surface area contributed by atoms with Gasteiger partial charge in [-0.25, -0.2) is 14.8 Å². The van der Waals surface area contributed by atoms with Crippen molar-refractivity contribution in [2.75, 3.05) is 25.9 Å². The molecule has 2 heterocycles. The van der Waals surface area contributed by atoms with E-state index < -0.39 is 0 Å². The van der Waals surface area contributed by atoms with Crippen molar-refractivity contribution in [1.29, 1.82) is 0 Å². The van der Waals surface area contributed by atoms with Crippen molar-refractivity contribution < 1.29 is 4.79 Å². The summed E-state index contributed by atoms with van der Waals surface area (Å²) in [6, 6.07) is 1.25. The Labute approximate surface area is 155 Å². The van der Waals surface area contributed by atoms with E-state index >= 15 is 0 Å². The summed E-state index contributed by atoms with van der Waals surface area (Å²) in [5, 5.41) is 3.28. The number of nitrogens with zero attached hydrogens (tertiary/aromatic N) is 4. The molecule has 1 aromatic heterocycles. The predicted molar refractivity (Wildman–Crippen MR) is 101 cm³/mol. The van der Waals surface area contributed by atoms with Crippen LogP contribution in [0.25, 0.3) is 0 Å². The van der Waals surface area contributed by atoms with E-state index in [9.17, 15) is 4.79 Å². The SMILES string of the molecule is CCCN1C[C@@H](NC(=O)N(C)C2CC2)C[C@@H]2Cc3nc(N)ncc3C[C@H]21. The van der Waals surface area contributed by atoms with Crippen LogP contribution >= 0.6 is 0 Å². The van der Waals surface area contributed by atoms with Gasteiger partial charge in [-0.2, -0.15) is 0 Å². The summed E-state index contributed by atoms with van der Waals surface area (Å²) >= 11 is 0. The first kappa shape index (κ1) is 17.5. The van der Waals surface area contributed by atoms with Gasteiger partial charge in [0.25, 0.3) is 0 Å². The molecule has 3 N–H and O–H groups in total. The molecule has 1 aliphatic heterocycles. The van der Waals surface area contributed by atoms with Crippen molar-refractivity contribution in [3.63, 3.8) is 0 Å². The number of rotatable bonds is 4. The number of amides is 2. The molecule has 7 nitrogen and oxygen atoms in total. The van der Waals surface area contributed by atoms with Crippen molar-refractivity contribution in [2.24, 2.45) is 5.92 Å². The minimum Gasteiger partial charge on any atom is -0.368 e. The largest absolute Gasteiger partial charge is 0.368 e. The number of nitrogens with two attached hydrogens (primary N) is 1. The van der Waals surface area contributed by atoms with E-state index in [0.717, 1.165) is 57.3 Å². The number of nitrogen functional groups attached to an aromatic ring is 1. The van der Waals surface area contributed by atoms with Crippen molar-refractivity contribution >= 4 is 12.0 Å². The number of nitrogens with one attached hydrogen (secondary N) is 1. The van der Waals surface area contributed by atoms with Crippen LogP contribution in [0.3, 0.4) is 0 Å². The van der Waals surface area contributed by atoms with Gasteiger partial charge in [0.05, 0.1) is 0 Å². The summed E-state index contributed by atoms with van der Waals surface area (Å²) in [7, 11) is 1.92. The van der Waals surface area contributed by atoms with E-state index in [-0.39, 0.29) is 12.1 Å². The summed E-state index contributed by atoms with van der Waals surface area (Å²) in [6.07, 6.45) is 8.23. The number of fused-ring (bicyclic) bond motifs is 2. The van der Waals surface area contributed by atoms with Gasteiger partial charge in [-0.05, 0) is 56.6 Å². The Kier molecular flexibility index (Phi) is 4.73. The second-order valence-electron chi connectivity index (χ2n) is 8.15. The predicted octanol–water partition coefficient (Wildman–Crippen LogP) is 1.43. The van der Waals surface area contributed by atoms with Crippen LogP contribution in [0, 0.1) is 5.92 Å². The van der Waals surface area contributed by atoms with Gasteiger partial charge in [0.1, 0.15) is 0 Å². The molecule has 26 heavy (non-hydrogen) atoms. The number of carbonyl (C=O) groups is 1. The average Bonchev–Trinajstić information content (AvgIpc) is 3.45. The smallest absolute Gasteiger partial charge is 0.317 e. The Morgan fingerprint density at radius 3 is 2.96 bits per heavy atom. The van der Waals surface area contributed by atoms with Gasteiger partial charge in [-0.1, -0.05) is 6.92 Å². The number of hydrogen-bond donors (Lipinski definition) is 2. The van der Waals surface area contributed by atoms with Crippen LogP contribution in [0.2, 0.25) is 0 Å². The molecule has 2 fully saturated rings. The molecular formula is C19H30N6O. The molecule has 2 aliphatic carbocycles. The number of anilines is 1. The van der Waals surface area contributed by atoms with Crippen LogP contribution in [0.15, 0.2) is 6.20 Å². The molecule has 0 unspecified atom stereocenters. The normalized spacial score (nSPS) is 28.2. The van der Waals surface area contributed by atoms with Gasteiger partial charge in [0.15, 0.2) is 0 Å². The minimum atomic E-state index is 0.0789. The maximum atomic E-state index is 12.5.